The second kappa shape index (κ2) is 48.0. The molecule has 0 aromatic rings. The van der Waals surface area contributed by atoms with Crippen molar-refractivity contribution in [3.8, 4) is 0 Å². The summed E-state index contributed by atoms with van der Waals surface area (Å²) >= 11 is 0. The molecule has 2 atom stereocenters. The van der Waals surface area contributed by atoms with Gasteiger partial charge in [0.2, 0.25) is 0 Å². The number of hydrogen-bond donors (Lipinski definition) is 0. The smallest absolute Gasteiger partial charge is 0.306 e. The van der Waals surface area contributed by atoms with Crippen LogP contribution in [0.25, 0.3) is 0 Å². The minimum Gasteiger partial charge on any atom is -0.544 e. The number of allylic oxidation sites excluding steroid dienone is 14. The lowest BCUT2D eigenvalue weighted by molar-refractivity contribution is -0.889. The number of carbonyl (C=O) groups is 3. The minimum atomic E-state index is -1.13. The third-order valence-electron chi connectivity index (χ3n) is 11.5. The molecule has 378 valence electrons. The highest BCUT2D eigenvalue weighted by molar-refractivity contribution is 5.70. The molecule has 0 aromatic carbocycles. The van der Waals surface area contributed by atoms with Gasteiger partial charge in [0.15, 0.2) is 6.10 Å². The average molecular weight is 922 g/mol. The van der Waals surface area contributed by atoms with Crippen molar-refractivity contribution in [1.29, 1.82) is 0 Å². The number of unbranched alkanes of at least 4 members (excludes halogenated alkanes) is 20. The Labute approximate surface area is 405 Å². The van der Waals surface area contributed by atoms with Gasteiger partial charge in [-0.1, -0.05) is 195 Å². The van der Waals surface area contributed by atoms with Crippen LogP contribution >= 0.6 is 0 Å². The van der Waals surface area contributed by atoms with Gasteiger partial charge in [-0.3, -0.25) is 9.59 Å². The number of hydrogen-bond acceptors (Lipinski definition) is 7. The molecule has 0 heterocycles. The Morgan fingerprint density at radius 1 is 0.485 bits per heavy atom. The summed E-state index contributed by atoms with van der Waals surface area (Å²) < 4.78 is 17.2. The molecule has 0 spiro atoms. The molecule has 0 saturated heterocycles. The Balaban J connectivity index is 4.28. The van der Waals surface area contributed by atoms with Crippen molar-refractivity contribution < 1.29 is 38.2 Å². The van der Waals surface area contributed by atoms with E-state index in [1.54, 1.807) is 21.1 Å². The fourth-order valence-electron chi connectivity index (χ4n) is 7.44. The highest BCUT2D eigenvalue weighted by Crippen LogP contribution is 2.15. The van der Waals surface area contributed by atoms with Gasteiger partial charge in [-0.15, -0.1) is 0 Å². The SMILES string of the molecule is CC/C=C/C/C=C/C/C=C/C/C=C/C/C=C/CCCCCCCCC(=O)OC(COCCC(C(=O)[O-])[N+](C)(C)C)COC(=O)CCCCCCCCCCCC/C=C/C=C/CCCCCC. The Hall–Kier alpha value is -3.49. The van der Waals surface area contributed by atoms with E-state index >= 15 is 0 Å². The van der Waals surface area contributed by atoms with Crippen molar-refractivity contribution in [3.63, 3.8) is 0 Å². The zero-order valence-corrected chi connectivity index (χ0v) is 43.1. The number of likely N-dealkylation sites (N-methyl/N-ethyl adjacent to an activating group) is 1. The van der Waals surface area contributed by atoms with E-state index in [9.17, 15) is 19.5 Å². The molecule has 0 aliphatic rings. The lowest BCUT2D eigenvalue weighted by Gasteiger charge is -2.34. The van der Waals surface area contributed by atoms with Gasteiger partial charge in [0.05, 0.1) is 40.3 Å². The maximum absolute atomic E-state index is 12.8. The molecule has 0 radical (unpaired) electrons. The number of nitrogens with zero attached hydrogens (tertiary/aromatic N) is 1. The van der Waals surface area contributed by atoms with E-state index < -0.39 is 18.1 Å². The first-order valence-electron chi connectivity index (χ1n) is 26.6. The van der Waals surface area contributed by atoms with Crippen LogP contribution in [0.3, 0.4) is 0 Å². The Bertz CT molecular complexity index is 1350. The Kier molecular flexibility index (Phi) is 45.4. The first-order chi connectivity index (χ1) is 32.1. The van der Waals surface area contributed by atoms with Gasteiger partial charge >= 0.3 is 11.9 Å². The molecule has 0 rings (SSSR count). The summed E-state index contributed by atoms with van der Waals surface area (Å²) in [5, 5.41) is 11.7. The summed E-state index contributed by atoms with van der Waals surface area (Å²) in [7, 11) is 5.41. The number of carboxylic acid groups (broad SMARTS) is 1. The van der Waals surface area contributed by atoms with Gasteiger partial charge in [-0.25, -0.2) is 0 Å². The number of carbonyl (C=O) groups excluding carboxylic acids is 3. The van der Waals surface area contributed by atoms with Crippen molar-refractivity contribution in [3.05, 3.63) is 85.1 Å². The van der Waals surface area contributed by atoms with Gasteiger partial charge in [-0.05, 0) is 83.5 Å². The van der Waals surface area contributed by atoms with E-state index in [1.807, 2.05) is 0 Å². The van der Waals surface area contributed by atoms with Crippen LogP contribution in [0.4, 0.5) is 0 Å². The lowest BCUT2D eigenvalue weighted by atomic mass is 10.1. The number of esters is 2. The van der Waals surface area contributed by atoms with Crippen molar-refractivity contribution in [1.82, 2.24) is 0 Å². The quantitative estimate of drug-likeness (QED) is 0.0197. The van der Waals surface area contributed by atoms with Crippen LogP contribution in [0.5, 0.6) is 0 Å². The van der Waals surface area contributed by atoms with Gasteiger partial charge in [-0.2, -0.15) is 0 Å². The summed E-state index contributed by atoms with van der Waals surface area (Å²) in [6.45, 7) is 4.52. The molecule has 0 aromatic heterocycles. The molecule has 0 aliphatic carbocycles. The lowest BCUT2D eigenvalue weighted by Crippen LogP contribution is -2.55. The fourth-order valence-corrected chi connectivity index (χ4v) is 7.44. The van der Waals surface area contributed by atoms with Gasteiger partial charge in [0.1, 0.15) is 12.6 Å². The van der Waals surface area contributed by atoms with Crippen LogP contribution in [0.1, 0.15) is 213 Å². The van der Waals surface area contributed by atoms with Gasteiger partial charge in [0.25, 0.3) is 0 Å². The molecule has 0 fully saturated rings. The normalized spacial score (nSPS) is 13.5. The molecule has 0 amide bonds. The number of rotatable bonds is 47. The zero-order valence-electron chi connectivity index (χ0n) is 43.1. The highest BCUT2D eigenvalue weighted by Gasteiger charge is 2.25. The van der Waals surface area contributed by atoms with E-state index in [1.165, 1.54) is 96.3 Å². The van der Waals surface area contributed by atoms with Gasteiger partial charge < -0.3 is 28.6 Å². The van der Waals surface area contributed by atoms with Crippen molar-refractivity contribution in [2.24, 2.45) is 0 Å². The van der Waals surface area contributed by atoms with Crippen LogP contribution in [-0.2, 0) is 28.6 Å². The van der Waals surface area contributed by atoms with Crippen LogP contribution in [0, 0.1) is 0 Å². The fraction of sp³-hybridized carbons (Fsp3) is 0.707. The molecule has 0 bridgehead atoms. The summed E-state index contributed by atoms with van der Waals surface area (Å²) in [6.07, 6.45) is 63.2. The van der Waals surface area contributed by atoms with Gasteiger partial charge in [0, 0.05) is 19.3 Å². The number of quaternary nitrogens is 1. The van der Waals surface area contributed by atoms with Crippen molar-refractivity contribution in [2.45, 2.75) is 225 Å². The molecule has 2 unspecified atom stereocenters. The molecular formula is C58H99NO7. The minimum absolute atomic E-state index is 0.0295. The third kappa shape index (κ3) is 45.7. The van der Waals surface area contributed by atoms with E-state index in [2.05, 4.69) is 98.9 Å². The van der Waals surface area contributed by atoms with E-state index in [0.717, 1.165) is 83.5 Å². The topological polar surface area (TPSA) is 102 Å². The molecule has 8 nitrogen and oxygen atoms in total. The van der Waals surface area contributed by atoms with Crippen LogP contribution in [0.2, 0.25) is 0 Å². The molecule has 66 heavy (non-hydrogen) atoms. The first kappa shape index (κ1) is 62.5. The molecule has 0 aliphatic heterocycles. The predicted molar refractivity (Wildman–Crippen MR) is 277 cm³/mol. The van der Waals surface area contributed by atoms with E-state index in [0.29, 0.717) is 12.8 Å². The second-order valence-corrected chi connectivity index (χ2v) is 18.8. The van der Waals surface area contributed by atoms with E-state index in [4.69, 9.17) is 14.2 Å². The average Bonchev–Trinajstić information content (AvgIpc) is 3.28. The van der Waals surface area contributed by atoms with E-state index in [-0.39, 0.29) is 42.7 Å². The van der Waals surface area contributed by atoms with Crippen LogP contribution in [0.15, 0.2) is 85.1 Å². The van der Waals surface area contributed by atoms with Crippen LogP contribution in [-0.4, -0.2) is 75.5 Å². The third-order valence-corrected chi connectivity index (χ3v) is 11.5. The first-order valence-corrected chi connectivity index (χ1v) is 26.6. The summed E-state index contributed by atoms with van der Waals surface area (Å²) in [6, 6.07) is -0.734. The number of ether oxygens (including phenoxy) is 3. The maximum atomic E-state index is 12.8. The predicted octanol–water partition coefficient (Wildman–Crippen LogP) is 14.3. The van der Waals surface area contributed by atoms with Crippen molar-refractivity contribution >= 4 is 17.9 Å². The summed E-state index contributed by atoms with van der Waals surface area (Å²) in [4.78, 5) is 37.1. The number of carboxylic acids is 1. The standard InChI is InChI=1S/C58H99NO7/c1-6-8-10-12-14-16-18-20-22-24-26-28-29-31-33-35-37-39-41-43-45-47-49-57(61)66-54(52-64-51-50-55(58(62)63)59(3,4)5)53-65-56(60)48-46-44-42-40-38-36-34-32-30-27-25-23-21-19-17-15-13-11-9-7-2/h8,10,14,16-17,19-23,26,28,31,33,54-55H,6-7,9,11-13,15,18,24-25,27,29-30,32,34-53H2,1-5H3/b10-8+,16-14+,19-17+,22-20+,23-21+,28-26+,33-31+. The second-order valence-electron chi connectivity index (χ2n) is 18.8. The van der Waals surface area contributed by atoms with Crippen LogP contribution < -0.4 is 5.11 Å². The zero-order chi connectivity index (χ0) is 48.4. The molecule has 0 N–H and O–H groups in total. The summed E-state index contributed by atoms with van der Waals surface area (Å²) in [5.41, 5.74) is 0. The number of aliphatic carboxylic acids is 1. The Morgan fingerprint density at radius 2 is 0.894 bits per heavy atom. The molecule has 8 heteroatoms. The molecular weight excluding hydrogens is 823 g/mol. The Morgan fingerprint density at radius 3 is 1.35 bits per heavy atom. The molecule has 0 saturated carbocycles. The maximum Gasteiger partial charge on any atom is 0.306 e. The highest BCUT2D eigenvalue weighted by atomic mass is 16.6. The van der Waals surface area contributed by atoms with Crippen molar-refractivity contribution in [2.75, 3.05) is 41.0 Å². The monoisotopic (exact) mass is 922 g/mol. The largest absolute Gasteiger partial charge is 0.544 e. The summed E-state index contributed by atoms with van der Waals surface area (Å²) in [5.74, 6) is -1.76.